The van der Waals surface area contributed by atoms with Crippen molar-refractivity contribution in [3.05, 3.63) is 59.1 Å². The highest BCUT2D eigenvalue weighted by Gasteiger charge is 2.30. The second-order valence-corrected chi connectivity index (χ2v) is 8.32. The van der Waals surface area contributed by atoms with Gasteiger partial charge in [0.15, 0.2) is 0 Å². The number of benzene rings is 1. The number of rotatable bonds is 4. The number of hydrogen-bond acceptors (Lipinski definition) is 4. The molecule has 1 aliphatic rings. The van der Waals surface area contributed by atoms with E-state index >= 15 is 0 Å². The van der Waals surface area contributed by atoms with Crippen LogP contribution in [0.3, 0.4) is 0 Å². The maximum atomic E-state index is 13.3. The third-order valence-corrected chi connectivity index (χ3v) is 6.69. The van der Waals surface area contributed by atoms with Gasteiger partial charge < -0.3 is 0 Å². The van der Waals surface area contributed by atoms with Gasteiger partial charge in [-0.2, -0.15) is 4.31 Å². The van der Waals surface area contributed by atoms with Crippen LogP contribution in [-0.2, 0) is 10.0 Å². The molecule has 0 spiro atoms. The Morgan fingerprint density at radius 1 is 1.20 bits per heavy atom. The zero-order chi connectivity index (χ0) is 18.0. The van der Waals surface area contributed by atoms with E-state index in [1.165, 1.54) is 16.6 Å². The number of nitrogens with zero attached hydrogens (tertiary/aromatic N) is 3. The second-order valence-electron chi connectivity index (χ2n) is 5.98. The van der Waals surface area contributed by atoms with Gasteiger partial charge in [-0.15, -0.1) is 0 Å². The lowest BCUT2D eigenvalue weighted by Gasteiger charge is -2.37. The molecule has 1 aliphatic heterocycles. The van der Waals surface area contributed by atoms with Gasteiger partial charge in [-0.3, -0.25) is 9.88 Å². The summed E-state index contributed by atoms with van der Waals surface area (Å²) >= 11 is 5.86. The van der Waals surface area contributed by atoms with E-state index in [2.05, 4.69) is 9.88 Å². The maximum Gasteiger partial charge on any atom is 0.244 e. The molecule has 0 aliphatic carbocycles. The SMILES string of the molecule is CC(c1ccc(F)c(Cl)c1)N1CCN(S(=O)(=O)c2cccnc2)CC1. The molecule has 0 saturated carbocycles. The maximum absolute atomic E-state index is 13.3. The van der Waals surface area contributed by atoms with Crippen LogP contribution >= 0.6 is 11.6 Å². The number of sulfonamides is 1. The molecule has 3 rings (SSSR count). The molecule has 1 aromatic heterocycles. The number of aromatic nitrogens is 1. The third kappa shape index (κ3) is 3.84. The van der Waals surface area contributed by atoms with Gasteiger partial charge in [0.25, 0.3) is 0 Å². The monoisotopic (exact) mass is 383 g/mol. The summed E-state index contributed by atoms with van der Waals surface area (Å²) in [6, 6.07) is 7.89. The van der Waals surface area contributed by atoms with E-state index in [0.717, 1.165) is 5.56 Å². The second kappa shape index (κ2) is 7.37. The smallest absolute Gasteiger partial charge is 0.244 e. The van der Waals surface area contributed by atoms with E-state index in [9.17, 15) is 12.8 Å². The van der Waals surface area contributed by atoms with Crippen LogP contribution < -0.4 is 0 Å². The fraction of sp³-hybridized carbons (Fsp3) is 0.353. The zero-order valence-electron chi connectivity index (χ0n) is 13.8. The van der Waals surface area contributed by atoms with Crippen molar-refractivity contribution in [1.29, 1.82) is 0 Å². The zero-order valence-corrected chi connectivity index (χ0v) is 15.3. The summed E-state index contributed by atoms with van der Waals surface area (Å²) in [5, 5.41) is 0.0992. The fourth-order valence-electron chi connectivity index (χ4n) is 2.96. The van der Waals surface area contributed by atoms with Gasteiger partial charge in [-0.05, 0) is 36.8 Å². The Balaban J connectivity index is 1.68. The first kappa shape index (κ1) is 18.3. The molecule has 8 heteroatoms. The van der Waals surface area contributed by atoms with Crippen molar-refractivity contribution in [2.24, 2.45) is 0 Å². The molecule has 0 amide bonds. The Morgan fingerprint density at radius 3 is 2.52 bits per heavy atom. The molecule has 0 radical (unpaired) electrons. The first-order valence-electron chi connectivity index (χ1n) is 7.99. The van der Waals surface area contributed by atoms with Crippen molar-refractivity contribution >= 4 is 21.6 Å². The summed E-state index contributed by atoms with van der Waals surface area (Å²) in [5.41, 5.74) is 0.912. The van der Waals surface area contributed by atoms with Crippen molar-refractivity contribution in [3.8, 4) is 0 Å². The predicted molar refractivity (Wildman–Crippen MR) is 94.4 cm³/mol. The molecule has 134 valence electrons. The Labute approximate surface area is 152 Å². The van der Waals surface area contributed by atoms with Gasteiger partial charge in [0.2, 0.25) is 10.0 Å². The van der Waals surface area contributed by atoms with Gasteiger partial charge in [-0.25, -0.2) is 12.8 Å². The Kier molecular flexibility index (Phi) is 5.38. The van der Waals surface area contributed by atoms with Gasteiger partial charge in [0, 0.05) is 44.6 Å². The topological polar surface area (TPSA) is 53.5 Å². The molecule has 2 aromatic rings. The molecule has 5 nitrogen and oxygen atoms in total. The molecule has 0 N–H and O–H groups in total. The largest absolute Gasteiger partial charge is 0.294 e. The van der Waals surface area contributed by atoms with Gasteiger partial charge in [-0.1, -0.05) is 17.7 Å². The summed E-state index contributed by atoms with van der Waals surface area (Å²) in [7, 11) is -3.51. The van der Waals surface area contributed by atoms with E-state index in [1.807, 2.05) is 6.92 Å². The first-order valence-corrected chi connectivity index (χ1v) is 9.80. The van der Waals surface area contributed by atoms with Crippen molar-refractivity contribution < 1.29 is 12.8 Å². The summed E-state index contributed by atoms with van der Waals surface area (Å²) < 4.78 is 40.0. The third-order valence-electron chi connectivity index (χ3n) is 4.52. The lowest BCUT2D eigenvalue weighted by atomic mass is 10.1. The van der Waals surface area contributed by atoms with E-state index in [1.54, 1.807) is 30.5 Å². The molecule has 2 heterocycles. The Hall–Kier alpha value is -1.54. The Morgan fingerprint density at radius 2 is 1.92 bits per heavy atom. The molecule has 1 fully saturated rings. The normalized spacial score (nSPS) is 18.2. The van der Waals surface area contributed by atoms with Crippen LogP contribution in [0.2, 0.25) is 5.02 Å². The predicted octanol–water partition coefficient (Wildman–Crippen LogP) is 2.94. The van der Waals surface area contributed by atoms with Crippen molar-refractivity contribution in [2.75, 3.05) is 26.2 Å². The van der Waals surface area contributed by atoms with Gasteiger partial charge in [0.1, 0.15) is 10.7 Å². The number of hydrogen-bond donors (Lipinski definition) is 0. The summed E-state index contributed by atoms with van der Waals surface area (Å²) in [6.07, 6.45) is 2.91. The highest BCUT2D eigenvalue weighted by Crippen LogP contribution is 2.26. The minimum atomic E-state index is -3.51. The minimum absolute atomic E-state index is 0.0290. The molecule has 0 bridgehead atoms. The lowest BCUT2D eigenvalue weighted by Crippen LogP contribution is -2.49. The molecule has 1 aromatic carbocycles. The van der Waals surface area contributed by atoms with Crippen LogP contribution in [0.25, 0.3) is 0 Å². The summed E-state index contributed by atoms with van der Waals surface area (Å²) in [4.78, 5) is 6.26. The molecule has 25 heavy (non-hydrogen) atoms. The van der Waals surface area contributed by atoms with Crippen LogP contribution in [0.1, 0.15) is 18.5 Å². The fourth-order valence-corrected chi connectivity index (χ4v) is 4.54. The van der Waals surface area contributed by atoms with Gasteiger partial charge in [0.05, 0.1) is 5.02 Å². The molecule has 1 atom stereocenters. The van der Waals surface area contributed by atoms with Crippen LogP contribution in [-0.4, -0.2) is 48.8 Å². The van der Waals surface area contributed by atoms with Crippen molar-refractivity contribution in [3.63, 3.8) is 0 Å². The Bertz CT molecular complexity index is 840. The highest BCUT2D eigenvalue weighted by molar-refractivity contribution is 7.89. The molecule has 1 unspecified atom stereocenters. The lowest BCUT2D eigenvalue weighted by molar-refractivity contribution is 0.146. The average Bonchev–Trinajstić information content (AvgIpc) is 2.64. The van der Waals surface area contributed by atoms with E-state index in [4.69, 9.17) is 11.6 Å². The molecular weight excluding hydrogens is 365 g/mol. The summed E-state index contributed by atoms with van der Waals surface area (Å²) in [5.74, 6) is -0.440. The van der Waals surface area contributed by atoms with Gasteiger partial charge >= 0.3 is 0 Å². The van der Waals surface area contributed by atoms with E-state index in [-0.39, 0.29) is 16.0 Å². The van der Waals surface area contributed by atoms with Crippen LogP contribution in [0.15, 0.2) is 47.6 Å². The van der Waals surface area contributed by atoms with Crippen LogP contribution in [0, 0.1) is 5.82 Å². The standard InChI is InChI=1S/C17H19ClFN3O2S/c1-13(14-4-5-17(19)16(18)11-14)21-7-9-22(10-8-21)25(23,24)15-3-2-6-20-12-15/h2-6,11-13H,7-10H2,1H3. The number of piperazine rings is 1. The van der Waals surface area contributed by atoms with E-state index < -0.39 is 15.8 Å². The van der Waals surface area contributed by atoms with Crippen LogP contribution in [0.4, 0.5) is 4.39 Å². The number of pyridine rings is 1. The molecule has 1 saturated heterocycles. The minimum Gasteiger partial charge on any atom is -0.294 e. The highest BCUT2D eigenvalue weighted by atomic mass is 35.5. The first-order chi connectivity index (χ1) is 11.9. The average molecular weight is 384 g/mol. The summed E-state index contributed by atoms with van der Waals surface area (Å²) in [6.45, 7) is 3.99. The van der Waals surface area contributed by atoms with Crippen molar-refractivity contribution in [2.45, 2.75) is 17.9 Å². The quantitative estimate of drug-likeness (QED) is 0.814. The molecular formula is C17H19ClFN3O2S. The van der Waals surface area contributed by atoms with Crippen molar-refractivity contribution in [1.82, 2.24) is 14.2 Å². The van der Waals surface area contributed by atoms with Crippen LogP contribution in [0.5, 0.6) is 0 Å². The van der Waals surface area contributed by atoms with E-state index in [0.29, 0.717) is 26.2 Å². The number of halogens is 2.